The van der Waals surface area contributed by atoms with Crippen LogP contribution in [-0.2, 0) is 16.0 Å². The van der Waals surface area contributed by atoms with E-state index in [9.17, 15) is 21.6 Å². The molecule has 0 aliphatic rings. The zero-order valence-corrected chi connectivity index (χ0v) is 17.2. The minimum atomic E-state index is -4.58. The van der Waals surface area contributed by atoms with Gasteiger partial charge in [0, 0.05) is 24.2 Å². The first-order chi connectivity index (χ1) is 14.7. The molecule has 158 valence electrons. The lowest BCUT2D eigenvalue weighted by Crippen LogP contribution is -2.10. The largest absolute Gasteiger partial charge is 0.417 e. The molecule has 0 fully saturated rings. The number of halogens is 3. The highest BCUT2D eigenvalue weighted by atomic mass is 32.2. The second-order valence-corrected chi connectivity index (χ2v) is 8.97. The van der Waals surface area contributed by atoms with E-state index >= 15 is 0 Å². The van der Waals surface area contributed by atoms with E-state index in [1.54, 1.807) is 12.1 Å². The number of aromatic nitrogens is 2. The van der Waals surface area contributed by atoms with Crippen molar-refractivity contribution in [3.8, 4) is 28.2 Å². The third-order valence-electron chi connectivity index (χ3n) is 4.84. The minimum absolute atomic E-state index is 0.00223. The monoisotopic (exact) mass is 442 g/mol. The van der Waals surface area contributed by atoms with Crippen molar-refractivity contribution in [2.24, 2.45) is 0 Å². The molecule has 4 aromatic rings. The SMILES string of the molecule is CS(=O)(=O)c1cc(-c2ccccc2)ccc1-n1ccnc1-c1ccccc1C(F)(F)F. The molecule has 1 aromatic heterocycles. The van der Waals surface area contributed by atoms with Gasteiger partial charge in [-0.1, -0.05) is 54.6 Å². The highest BCUT2D eigenvalue weighted by Crippen LogP contribution is 2.38. The normalized spacial score (nSPS) is 12.1. The standard InChI is InChI=1S/C23H17F3N2O2S/c1-31(29,30)21-15-17(16-7-3-2-4-8-16)11-12-20(21)28-14-13-27-22(28)18-9-5-6-10-19(18)23(24,25)26/h2-15H,1H3. The molecule has 31 heavy (non-hydrogen) atoms. The van der Waals surface area contributed by atoms with Crippen LogP contribution in [0.3, 0.4) is 0 Å². The third-order valence-corrected chi connectivity index (χ3v) is 5.97. The summed E-state index contributed by atoms with van der Waals surface area (Å²) in [6.07, 6.45) is -0.709. The Kier molecular flexibility index (Phi) is 5.18. The average molecular weight is 442 g/mol. The summed E-state index contributed by atoms with van der Waals surface area (Å²) in [4.78, 5) is 4.11. The molecule has 0 saturated heterocycles. The lowest BCUT2D eigenvalue weighted by Gasteiger charge is -2.16. The molecule has 0 bridgehead atoms. The molecular weight excluding hydrogens is 425 g/mol. The highest BCUT2D eigenvalue weighted by Gasteiger charge is 2.34. The van der Waals surface area contributed by atoms with Crippen LogP contribution >= 0.6 is 0 Å². The Morgan fingerprint density at radius 1 is 0.871 bits per heavy atom. The van der Waals surface area contributed by atoms with Gasteiger partial charge in [0.05, 0.1) is 16.1 Å². The van der Waals surface area contributed by atoms with Gasteiger partial charge in [-0.25, -0.2) is 13.4 Å². The molecule has 4 rings (SSSR count). The van der Waals surface area contributed by atoms with Crippen LogP contribution in [0.15, 0.2) is 90.1 Å². The fourth-order valence-corrected chi connectivity index (χ4v) is 4.33. The number of nitrogens with zero attached hydrogens (tertiary/aromatic N) is 2. The number of hydrogen-bond donors (Lipinski definition) is 0. The van der Waals surface area contributed by atoms with Gasteiger partial charge in [-0.05, 0) is 29.3 Å². The third kappa shape index (κ3) is 4.11. The minimum Gasteiger partial charge on any atom is -0.298 e. The summed E-state index contributed by atoms with van der Waals surface area (Å²) in [6, 6.07) is 19.2. The lowest BCUT2D eigenvalue weighted by atomic mass is 10.0. The van der Waals surface area contributed by atoms with Gasteiger partial charge >= 0.3 is 6.18 Å². The van der Waals surface area contributed by atoms with Crippen molar-refractivity contribution in [2.45, 2.75) is 11.1 Å². The number of benzene rings is 3. The van der Waals surface area contributed by atoms with Gasteiger partial charge in [-0.3, -0.25) is 4.57 Å². The fourth-order valence-electron chi connectivity index (χ4n) is 3.44. The van der Waals surface area contributed by atoms with Crippen LogP contribution in [-0.4, -0.2) is 24.2 Å². The Morgan fingerprint density at radius 2 is 1.55 bits per heavy atom. The zero-order chi connectivity index (χ0) is 22.2. The lowest BCUT2D eigenvalue weighted by molar-refractivity contribution is -0.137. The van der Waals surface area contributed by atoms with Gasteiger partial charge in [0.2, 0.25) is 0 Å². The van der Waals surface area contributed by atoms with E-state index in [1.165, 1.54) is 41.2 Å². The summed E-state index contributed by atoms with van der Waals surface area (Å²) in [5, 5.41) is 0. The van der Waals surface area contributed by atoms with E-state index < -0.39 is 21.6 Å². The van der Waals surface area contributed by atoms with Crippen LogP contribution in [0.5, 0.6) is 0 Å². The summed E-state index contributed by atoms with van der Waals surface area (Å²) in [6.45, 7) is 0. The molecule has 0 aliphatic carbocycles. The van der Waals surface area contributed by atoms with Crippen molar-refractivity contribution in [2.75, 3.05) is 6.26 Å². The van der Waals surface area contributed by atoms with Gasteiger partial charge in [0.25, 0.3) is 0 Å². The number of imidazole rings is 1. The molecule has 3 aromatic carbocycles. The number of sulfone groups is 1. The smallest absolute Gasteiger partial charge is 0.298 e. The van der Waals surface area contributed by atoms with E-state index in [1.807, 2.05) is 30.3 Å². The molecule has 0 atom stereocenters. The molecular formula is C23H17F3N2O2S. The van der Waals surface area contributed by atoms with Crippen LogP contribution in [0.4, 0.5) is 13.2 Å². The topological polar surface area (TPSA) is 52.0 Å². The van der Waals surface area contributed by atoms with E-state index in [-0.39, 0.29) is 22.0 Å². The van der Waals surface area contributed by atoms with Gasteiger partial charge in [-0.15, -0.1) is 0 Å². The van der Waals surface area contributed by atoms with Crippen molar-refractivity contribution in [3.05, 3.63) is 90.8 Å². The Labute approximate surface area is 177 Å². The maximum Gasteiger partial charge on any atom is 0.417 e. The summed E-state index contributed by atoms with van der Waals surface area (Å²) in [7, 11) is -3.70. The van der Waals surface area contributed by atoms with Crippen LogP contribution in [0, 0.1) is 0 Å². The molecule has 1 heterocycles. The maximum atomic E-state index is 13.6. The van der Waals surface area contributed by atoms with Gasteiger partial charge in [-0.2, -0.15) is 13.2 Å². The zero-order valence-electron chi connectivity index (χ0n) is 16.3. The first-order valence-corrected chi connectivity index (χ1v) is 11.2. The predicted octanol–water partition coefficient (Wildman–Crippen LogP) is 5.63. The van der Waals surface area contributed by atoms with Crippen LogP contribution in [0.25, 0.3) is 28.2 Å². The highest BCUT2D eigenvalue weighted by molar-refractivity contribution is 7.90. The first kappa shape index (κ1) is 20.9. The second kappa shape index (κ2) is 7.70. The Morgan fingerprint density at radius 3 is 2.23 bits per heavy atom. The fraction of sp³-hybridized carbons (Fsp3) is 0.0870. The molecule has 4 nitrogen and oxygen atoms in total. The molecule has 0 spiro atoms. The average Bonchev–Trinajstić information content (AvgIpc) is 3.22. The van der Waals surface area contributed by atoms with E-state index in [0.29, 0.717) is 5.56 Å². The number of alkyl halides is 3. The molecule has 0 N–H and O–H groups in total. The number of rotatable bonds is 4. The van der Waals surface area contributed by atoms with Gasteiger partial charge in [0.15, 0.2) is 9.84 Å². The molecule has 0 aliphatic heterocycles. The molecule has 0 amide bonds. The van der Waals surface area contributed by atoms with Crippen LogP contribution in [0.2, 0.25) is 0 Å². The second-order valence-electron chi connectivity index (χ2n) is 6.98. The summed E-state index contributed by atoms with van der Waals surface area (Å²) in [5.41, 5.74) is 0.761. The van der Waals surface area contributed by atoms with E-state index in [0.717, 1.165) is 17.9 Å². The number of hydrogen-bond acceptors (Lipinski definition) is 3. The Hall–Kier alpha value is -3.39. The molecule has 0 radical (unpaired) electrons. The Balaban J connectivity index is 1.94. The first-order valence-electron chi connectivity index (χ1n) is 9.26. The van der Waals surface area contributed by atoms with Crippen molar-refractivity contribution >= 4 is 9.84 Å². The quantitative estimate of drug-likeness (QED) is 0.412. The van der Waals surface area contributed by atoms with Gasteiger partial charge in [0.1, 0.15) is 5.82 Å². The summed E-state index contributed by atoms with van der Waals surface area (Å²) < 4.78 is 67.2. The van der Waals surface area contributed by atoms with E-state index in [2.05, 4.69) is 4.98 Å². The van der Waals surface area contributed by atoms with Crippen LogP contribution in [0.1, 0.15) is 5.56 Å². The van der Waals surface area contributed by atoms with Crippen molar-refractivity contribution < 1.29 is 21.6 Å². The molecule has 0 unspecified atom stereocenters. The maximum absolute atomic E-state index is 13.6. The predicted molar refractivity (Wildman–Crippen MR) is 113 cm³/mol. The van der Waals surface area contributed by atoms with Crippen LogP contribution < -0.4 is 0 Å². The molecule has 0 saturated carbocycles. The summed E-state index contributed by atoms with van der Waals surface area (Å²) in [5.74, 6) is 0.00489. The van der Waals surface area contributed by atoms with Crippen molar-refractivity contribution in [3.63, 3.8) is 0 Å². The molecule has 8 heteroatoms. The van der Waals surface area contributed by atoms with Crippen molar-refractivity contribution in [1.82, 2.24) is 9.55 Å². The summed E-state index contributed by atoms with van der Waals surface area (Å²) >= 11 is 0. The van der Waals surface area contributed by atoms with Crippen molar-refractivity contribution in [1.29, 1.82) is 0 Å². The Bertz CT molecular complexity index is 1340. The van der Waals surface area contributed by atoms with E-state index in [4.69, 9.17) is 0 Å². The van der Waals surface area contributed by atoms with Gasteiger partial charge < -0.3 is 0 Å².